The van der Waals surface area contributed by atoms with Crippen LogP contribution in [-0.2, 0) is 7.05 Å². The lowest BCUT2D eigenvalue weighted by Crippen LogP contribution is -1.87. The van der Waals surface area contributed by atoms with Crippen LogP contribution < -0.4 is 0 Å². The molecule has 56 valence electrons. The maximum atomic E-state index is 4.11. The SMILES string of the molecule is Cc1cncc2ccn(C)c12. The van der Waals surface area contributed by atoms with Crippen molar-refractivity contribution in [2.45, 2.75) is 6.92 Å². The van der Waals surface area contributed by atoms with E-state index in [1.807, 2.05) is 12.4 Å². The molecule has 2 rings (SSSR count). The molecule has 2 heteroatoms. The molecule has 0 saturated heterocycles. The molecule has 0 radical (unpaired) electrons. The first kappa shape index (κ1) is 6.40. The lowest BCUT2D eigenvalue weighted by Gasteiger charge is -1.98. The first-order valence-electron chi connectivity index (χ1n) is 3.64. The second-order valence-electron chi connectivity index (χ2n) is 2.82. The van der Waals surface area contributed by atoms with Gasteiger partial charge in [-0.2, -0.15) is 0 Å². The molecule has 2 nitrogen and oxygen atoms in total. The number of rotatable bonds is 0. The fraction of sp³-hybridized carbons (Fsp3) is 0.222. The Bertz CT molecular complexity index is 387. The summed E-state index contributed by atoms with van der Waals surface area (Å²) < 4.78 is 2.12. The summed E-state index contributed by atoms with van der Waals surface area (Å²) in [6, 6.07) is 2.08. The van der Waals surface area contributed by atoms with Gasteiger partial charge in [-0.05, 0) is 18.6 Å². The fourth-order valence-electron chi connectivity index (χ4n) is 1.45. The molecule has 2 aromatic heterocycles. The summed E-state index contributed by atoms with van der Waals surface area (Å²) in [5.41, 5.74) is 2.51. The maximum absolute atomic E-state index is 4.11. The first-order chi connectivity index (χ1) is 5.29. The van der Waals surface area contributed by atoms with E-state index in [9.17, 15) is 0 Å². The predicted octanol–water partition coefficient (Wildman–Crippen LogP) is 1.88. The largest absolute Gasteiger partial charge is 0.350 e. The van der Waals surface area contributed by atoms with Gasteiger partial charge in [-0.15, -0.1) is 0 Å². The highest BCUT2D eigenvalue weighted by molar-refractivity contribution is 5.81. The first-order valence-corrected chi connectivity index (χ1v) is 3.64. The zero-order valence-corrected chi connectivity index (χ0v) is 6.70. The van der Waals surface area contributed by atoms with Gasteiger partial charge in [0.2, 0.25) is 0 Å². The lowest BCUT2D eigenvalue weighted by molar-refractivity contribution is 0.962. The van der Waals surface area contributed by atoms with Crippen molar-refractivity contribution in [3.63, 3.8) is 0 Å². The number of aryl methyl sites for hydroxylation is 2. The van der Waals surface area contributed by atoms with Crippen LogP contribution >= 0.6 is 0 Å². The Kier molecular flexibility index (Phi) is 1.22. The highest BCUT2D eigenvalue weighted by Crippen LogP contribution is 2.16. The van der Waals surface area contributed by atoms with E-state index < -0.39 is 0 Å². The molecule has 0 aromatic carbocycles. The van der Waals surface area contributed by atoms with Crippen molar-refractivity contribution >= 4 is 10.9 Å². The van der Waals surface area contributed by atoms with Crippen LogP contribution in [0, 0.1) is 6.92 Å². The number of aromatic nitrogens is 2. The van der Waals surface area contributed by atoms with Crippen LogP contribution in [0.1, 0.15) is 5.56 Å². The predicted molar refractivity (Wildman–Crippen MR) is 45.5 cm³/mol. The Morgan fingerprint density at radius 2 is 2.18 bits per heavy atom. The molecule has 0 fully saturated rings. The molecule has 0 aliphatic heterocycles. The van der Waals surface area contributed by atoms with Crippen molar-refractivity contribution < 1.29 is 0 Å². The van der Waals surface area contributed by atoms with E-state index in [1.54, 1.807) is 0 Å². The van der Waals surface area contributed by atoms with Crippen molar-refractivity contribution in [2.75, 3.05) is 0 Å². The van der Waals surface area contributed by atoms with Crippen LogP contribution in [0.25, 0.3) is 10.9 Å². The van der Waals surface area contributed by atoms with E-state index in [2.05, 4.69) is 35.8 Å². The summed E-state index contributed by atoms with van der Waals surface area (Å²) in [4.78, 5) is 4.11. The summed E-state index contributed by atoms with van der Waals surface area (Å²) in [5.74, 6) is 0. The minimum absolute atomic E-state index is 1.22. The molecule has 0 bridgehead atoms. The minimum Gasteiger partial charge on any atom is -0.350 e. The molecular weight excluding hydrogens is 136 g/mol. The molecule has 0 atom stereocenters. The molecule has 0 aliphatic rings. The number of hydrogen-bond acceptors (Lipinski definition) is 1. The summed E-state index contributed by atoms with van der Waals surface area (Å²) in [7, 11) is 2.05. The van der Waals surface area contributed by atoms with Gasteiger partial charge in [0.15, 0.2) is 0 Å². The van der Waals surface area contributed by atoms with E-state index in [0.717, 1.165) is 0 Å². The van der Waals surface area contributed by atoms with Crippen molar-refractivity contribution in [1.29, 1.82) is 0 Å². The molecule has 0 amide bonds. The van der Waals surface area contributed by atoms with Crippen molar-refractivity contribution in [1.82, 2.24) is 9.55 Å². The molecule has 0 saturated carbocycles. The molecular formula is C9H10N2. The average molecular weight is 146 g/mol. The maximum Gasteiger partial charge on any atom is 0.0538 e. The second kappa shape index (κ2) is 2.09. The van der Waals surface area contributed by atoms with Crippen molar-refractivity contribution in [3.05, 3.63) is 30.2 Å². The highest BCUT2D eigenvalue weighted by atomic mass is 14.9. The Hall–Kier alpha value is -1.31. The normalized spacial score (nSPS) is 10.7. The van der Waals surface area contributed by atoms with Crippen LogP contribution in [0.3, 0.4) is 0 Å². The van der Waals surface area contributed by atoms with Crippen LogP contribution in [0.2, 0.25) is 0 Å². The van der Waals surface area contributed by atoms with Crippen LogP contribution in [0.5, 0.6) is 0 Å². The quantitative estimate of drug-likeness (QED) is 0.555. The highest BCUT2D eigenvalue weighted by Gasteiger charge is 1.99. The monoisotopic (exact) mass is 146 g/mol. The molecule has 0 N–H and O–H groups in total. The standard InChI is InChI=1S/C9H10N2/c1-7-5-10-6-8-3-4-11(2)9(7)8/h3-6H,1-2H3. The molecule has 2 aromatic rings. The minimum atomic E-state index is 1.22. The van der Waals surface area contributed by atoms with E-state index >= 15 is 0 Å². The number of fused-ring (bicyclic) bond motifs is 1. The third-order valence-corrected chi connectivity index (χ3v) is 1.96. The Morgan fingerprint density at radius 3 is 2.91 bits per heavy atom. The van der Waals surface area contributed by atoms with Gasteiger partial charge in [0.25, 0.3) is 0 Å². The molecule has 0 spiro atoms. The van der Waals surface area contributed by atoms with E-state index in [4.69, 9.17) is 0 Å². The van der Waals surface area contributed by atoms with Gasteiger partial charge in [0, 0.05) is 31.0 Å². The van der Waals surface area contributed by atoms with Gasteiger partial charge in [-0.25, -0.2) is 0 Å². The van der Waals surface area contributed by atoms with Gasteiger partial charge >= 0.3 is 0 Å². The second-order valence-corrected chi connectivity index (χ2v) is 2.82. The van der Waals surface area contributed by atoms with Gasteiger partial charge in [0.1, 0.15) is 0 Å². The van der Waals surface area contributed by atoms with Crippen LogP contribution in [0.4, 0.5) is 0 Å². The van der Waals surface area contributed by atoms with Gasteiger partial charge in [-0.3, -0.25) is 4.98 Å². The number of hydrogen-bond donors (Lipinski definition) is 0. The summed E-state index contributed by atoms with van der Waals surface area (Å²) in [6.07, 6.45) is 5.84. The lowest BCUT2D eigenvalue weighted by atomic mass is 10.2. The van der Waals surface area contributed by atoms with Crippen molar-refractivity contribution in [2.24, 2.45) is 7.05 Å². The molecule has 0 unspecified atom stereocenters. The van der Waals surface area contributed by atoms with Crippen LogP contribution in [0.15, 0.2) is 24.7 Å². The third-order valence-electron chi connectivity index (χ3n) is 1.96. The average Bonchev–Trinajstić information content (AvgIpc) is 2.34. The Labute approximate surface area is 65.5 Å². The third kappa shape index (κ3) is 0.827. The smallest absolute Gasteiger partial charge is 0.0538 e. The summed E-state index contributed by atoms with van der Waals surface area (Å²) in [6.45, 7) is 2.08. The van der Waals surface area contributed by atoms with E-state index in [0.29, 0.717) is 0 Å². The van der Waals surface area contributed by atoms with Crippen molar-refractivity contribution in [3.8, 4) is 0 Å². The van der Waals surface area contributed by atoms with Gasteiger partial charge in [0.05, 0.1) is 5.52 Å². The zero-order valence-electron chi connectivity index (χ0n) is 6.70. The van der Waals surface area contributed by atoms with Gasteiger partial charge in [-0.1, -0.05) is 0 Å². The number of nitrogens with zero attached hydrogens (tertiary/aromatic N) is 2. The summed E-state index contributed by atoms with van der Waals surface area (Å²) in [5, 5.41) is 1.22. The topological polar surface area (TPSA) is 17.8 Å². The zero-order chi connectivity index (χ0) is 7.84. The Morgan fingerprint density at radius 1 is 1.36 bits per heavy atom. The van der Waals surface area contributed by atoms with E-state index in [1.165, 1.54) is 16.5 Å². The molecule has 2 heterocycles. The molecule has 11 heavy (non-hydrogen) atoms. The fourth-order valence-corrected chi connectivity index (χ4v) is 1.45. The summed E-state index contributed by atoms with van der Waals surface area (Å²) >= 11 is 0. The van der Waals surface area contributed by atoms with E-state index in [-0.39, 0.29) is 0 Å². The molecule has 0 aliphatic carbocycles. The number of pyridine rings is 1. The van der Waals surface area contributed by atoms with Gasteiger partial charge < -0.3 is 4.57 Å². The Balaban J connectivity index is 2.96. The van der Waals surface area contributed by atoms with Crippen LogP contribution in [-0.4, -0.2) is 9.55 Å².